The molecule has 1 rings (SSSR count). The lowest BCUT2D eigenvalue weighted by molar-refractivity contribution is 0.0544. The highest BCUT2D eigenvalue weighted by Crippen LogP contribution is 2.27. The van der Waals surface area contributed by atoms with E-state index in [2.05, 4.69) is 4.85 Å². The zero-order valence-electron chi connectivity index (χ0n) is 10.2. The predicted octanol–water partition coefficient (Wildman–Crippen LogP) is 2.15. The molecular formula is C13H14N2O3. The van der Waals surface area contributed by atoms with Crippen LogP contribution < -0.4 is 4.74 Å². The second-order valence-corrected chi connectivity index (χ2v) is 3.33. The Morgan fingerprint density at radius 2 is 2.06 bits per heavy atom. The number of nitrogens with zero attached hydrogens (tertiary/aromatic N) is 2. The average Bonchev–Trinajstić information content (AvgIpc) is 2.42. The van der Waals surface area contributed by atoms with Crippen LogP contribution in [0.5, 0.6) is 5.75 Å². The number of hydrogen-bond acceptors (Lipinski definition) is 4. The van der Waals surface area contributed by atoms with E-state index in [1.807, 2.05) is 6.07 Å². The lowest BCUT2D eigenvalue weighted by Gasteiger charge is -2.09. The van der Waals surface area contributed by atoms with Crippen molar-refractivity contribution in [1.82, 2.24) is 0 Å². The maximum Gasteiger partial charge on any atom is 0.208 e. The molecular weight excluding hydrogens is 232 g/mol. The van der Waals surface area contributed by atoms with E-state index in [9.17, 15) is 0 Å². The van der Waals surface area contributed by atoms with Gasteiger partial charge in [-0.05, 0) is 6.07 Å². The van der Waals surface area contributed by atoms with E-state index in [0.29, 0.717) is 37.9 Å². The molecule has 0 saturated heterocycles. The van der Waals surface area contributed by atoms with E-state index in [1.54, 1.807) is 25.3 Å². The Morgan fingerprint density at radius 1 is 1.28 bits per heavy atom. The van der Waals surface area contributed by atoms with Crippen LogP contribution in [0.15, 0.2) is 18.2 Å². The van der Waals surface area contributed by atoms with Gasteiger partial charge in [0, 0.05) is 7.11 Å². The predicted molar refractivity (Wildman–Crippen MR) is 65.6 cm³/mol. The smallest absolute Gasteiger partial charge is 0.208 e. The minimum atomic E-state index is 0.268. The number of nitriles is 1. The molecule has 0 aromatic heterocycles. The molecule has 0 atom stereocenters. The molecule has 1 aromatic rings. The van der Waals surface area contributed by atoms with Crippen molar-refractivity contribution in [3.8, 4) is 11.8 Å². The van der Waals surface area contributed by atoms with Gasteiger partial charge in [-0.1, -0.05) is 12.1 Å². The lowest BCUT2D eigenvalue weighted by Crippen LogP contribution is -2.10. The summed E-state index contributed by atoms with van der Waals surface area (Å²) in [5, 5.41) is 8.98. The number of benzene rings is 1. The molecule has 0 radical (unpaired) electrons. The topological polar surface area (TPSA) is 55.8 Å². The number of hydrogen-bond donors (Lipinski definition) is 0. The Morgan fingerprint density at radius 3 is 2.72 bits per heavy atom. The first-order valence-electron chi connectivity index (χ1n) is 5.43. The minimum Gasteiger partial charge on any atom is -0.491 e. The number of methoxy groups -OCH3 is 1. The quantitative estimate of drug-likeness (QED) is 0.546. The van der Waals surface area contributed by atoms with E-state index < -0.39 is 0 Å². The van der Waals surface area contributed by atoms with Crippen LogP contribution in [-0.2, 0) is 9.47 Å². The third-order valence-corrected chi connectivity index (χ3v) is 2.15. The van der Waals surface area contributed by atoms with Crippen LogP contribution in [0.4, 0.5) is 5.69 Å². The number of rotatable bonds is 7. The van der Waals surface area contributed by atoms with Crippen LogP contribution in [0.25, 0.3) is 4.85 Å². The third kappa shape index (κ3) is 4.06. The van der Waals surface area contributed by atoms with E-state index in [1.165, 1.54) is 0 Å². The summed E-state index contributed by atoms with van der Waals surface area (Å²) in [4.78, 5) is 3.27. The van der Waals surface area contributed by atoms with Crippen LogP contribution in [0.1, 0.15) is 5.56 Å². The fourth-order valence-electron chi connectivity index (χ4n) is 1.30. The molecule has 0 amide bonds. The zero-order chi connectivity index (χ0) is 13.2. The first kappa shape index (κ1) is 14.0. The zero-order valence-corrected chi connectivity index (χ0v) is 10.2. The molecule has 0 saturated carbocycles. The van der Waals surface area contributed by atoms with Crippen LogP contribution in [0.2, 0.25) is 0 Å². The summed E-state index contributed by atoms with van der Waals surface area (Å²) in [7, 11) is 1.61. The van der Waals surface area contributed by atoms with Crippen molar-refractivity contribution in [2.45, 2.75) is 0 Å². The summed E-state index contributed by atoms with van der Waals surface area (Å²) in [6.45, 7) is 8.75. The van der Waals surface area contributed by atoms with Gasteiger partial charge in [0.2, 0.25) is 5.69 Å². The fraction of sp³-hybridized carbons (Fsp3) is 0.385. The van der Waals surface area contributed by atoms with Crippen molar-refractivity contribution in [2.75, 3.05) is 33.5 Å². The van der Waals surface area contributed by atoms with Crippen molar-refractivity contribution in [3.63, 3.8) is 0 Å². The van der Waals surface area contributed by atoms with Crippen LogP contribution in [-0.4, -0.2) is 33.5 Å². The van der Waals surface area contributed by atoms with Crippen molar-refractivity contribution in [1.29, 1.82) is 5.26 Å². The van der Waals surface area contributed by atoms with Gasteiger partial charge in [0.1, 0.15) is 17.9 Å². The first-order chi connectivity index (χ1) is 8.83. The summed E-state index contributed by atoms with van der Waals surface area (Å²) in [5.74, 6) is 0.418. The standard InChI is InChI=1S/C13H14N2O3/c1-15-12-4-3-5-13(11(12)10-14)18-9-8-17-7-6-16-2/h3-5H,6-9H2,2H3. The van der Waals surface area contributed by atoms with Gasteiger partial charge in [-0.2, -0.15) is 5.26 Å². The van der Waals surface area contributed by atoms with Gasteiger partial charge in [0.05, 0.1) is 32.5 Å². The second kappa shape index (κ2) is 8.08. The molecule has 1 aromatic carbocycles. The maximum atomic E-state index is 8.98. The van der Waals surface area contributed by atoms with Crippen LogP contribution in [0, 0.1) is 17.9 Å². The van der Waals surface area contributed by atoms with Gasteiger partial charge in [0.25, 0.3) is 0 Å². The molecule has 0 aliphatic heterocycles. The fourth-order valence-corrected chi connectivity index (χ4v) is 1.30. The molecule has 0 aliphatic rings. The van der Waals surface area contributed by atoms with Gasteiger partial charge in [0.15, 0.2) is 0 Å². The molecule has 0 fully saturated rings. The molecule has 5 heteroatoms. The molecule has 0 spiro atoms. The normalized spacial score (nSPS) is 9.50. The van der Waals surface area contributed by atoms with Gasteiger partial charge < -0.3 is 14.2 Å². The lowest BCUT2D eigenvalue weighted by atomic mass is 10.2. The van der Waals surface area contributed by atoms with Crippen LogP contribution in [0.3, 0.4) is 0 Å². The Bertz CT molecular complexity index is 460. The Hall–Kier alpha value is -2.08. The largest absolute Gasteiger partial charge is 0.491 e. The summed E-state index contributed by atoms with van der Waals surface area (Å²) in [6.07, 6.45) is 0. The Labute approximate surface area is 106 Å². The highest BCUT2D eigenvalue weighted by Gasteiger charge is 2.08. The van der Waals surface area contributed by atoms with Gasteiger partial charge in [-0.3, -0.25) is 0 Å². The van der Waals surface area contributed by atoms with E-state index in [4.69, 9.17) is 26.0 Å². The molecule has 0 aliphatic carbocycles. The van der Waals surface area contributed by atoms with Crippen molar-refractivity contribution in [3.05, 3.63) is 35.2 Å². The minimum absolute atomic E-state index is 0.268. The first-order valence-corrected chi connectivity index (χ1v) is 5.43. The highest BCUT2D eigenvalue weighted by atomic mass is 16.5. The molecule has 94 valence electrons. The maximum absolute atomic E-state index is 8.98. The van der Waals surface area contributed by atoms with E-state index in [-0.39, 0.29) is 5.56 Å². The SMILES string of the molecule is [C-]#[N+]c1cccc(OCCOCCOC)c1C#N. The molecule has 5 nitrogen and oxygen atoms in total. The van der Waals surface area contributed by atoms with Crippen LogP contribution >= 0.6 is 0 Å². The molecule has 0 heterocycles. The summed E-state index contributed by atoms with van der Waals surface area (Å²) in [5.41, 5.74) is 0.569. The molecule has 0 bridgehead atoms. The highest BCUT2D eigenvalue weighted by molar-refractivity contribution is 5.64. The second-order valence-electron chi connectivity index (χ2n) is 3.33. The van der Waals surface area contributed by atoms with Crippen molar-refractivity contribution < 1.29 is 14.2 Å². The van der Waals surface area contributed by atoms with E-state index in [0.717, 1.165) is 0 Å². The monoisotopic (exact) mass is 246 g/mol. The van der Waals surface area contributed by atoms with Crippen molar-refractivity contribution >= 4 is 5.69 Å². The summed E-state index contributed by atoms with van der Waals surface area (Å²) >= 11 is 0. The molecule has 0 N–H and O–H groups in total. The summed E-state index contributed by atoms with van der Waals surface area (Å²) < 4.78 is 15.5. The van der Waals surface area contributed by atoms with Gasteiger partial charge in [-0.15, -0.1) is 0 Å². The van der Waals surface area contributed by atoms with Crippen molar-refractivity contribution in [2.24, 2.45) is 0 Å². The van der Waals surface area contributed by atoms with Gasteiger partial charge in [-0.25, -0.2) is 4.85 Å². The molecule has 0 unspecified atom stereocenters. The van der Waals surface area contributed by atoms with Gasteiger partial charge >= 0.3 is 0 Å². The third-order valence-electron chi connectivity index (χ3n) is 2.15. The number of ether oxygens (including phenoxy) is 3. The Balaban J connectivity index is 2.48. The average molecular weight is 246 g/mol. The Kier molecular flexibility index (Phi) is 6.27. The van der Waals surface area contributed by atoms with E-state index >= 15 is 0 Å². The summed E-state index contributed by atoms with van der Waals surface area (Å²) in [6, 6.07) is 6.93. The molecule has 18 heavy (non-hydrogen) atoms.